The fourth-order valence-corrected chi connectivity index (χ4v) is 1.79. The van der Waals surface area contributed by atoms with Crippen LogP contribution in [0.1, 0.15) is 11.1 Å². The van der Waals surface area contributed by atoms with Crippen molar-refractivity contribution in [1.29, 1.82) is 0 Å². The zero-order valence-corrected chi connectivity index (χ0v) is 12.5. The van der Waals surface area contributed by atoms with E-state index in [1.54, 1.807) is 0 Å². The van der Waals surface area contributed by atoms with Crippen LogP contribution in [0.25, 0.3) is 0 Å². The van der Waals surface area contributed by atoms with Gasteiger partial charge in [-0.1, -0.05) is 35.4 Å². The van der Waals surface area contributed by atoms with Gasteiger partial charge in [0.2, 0.25) is 0 Å². The molecular weight excluding hydrogens is 262 g/mol. The monoisotopic (exact) mass is 283 g/mol. The molecule has 0 saturated carbocycles. The van der Waals surface area contributed by atoms with Crippen molar-refractivity contribution < 1.29 is 4.74 Å². The van der Waals surface area contributed by atoms with Gasteiger partial charge >= 0.3 is 0 Å². The first-order chi connectivity index (χ1) is 10.1. The normalized spacial score (nSPS) is 11.2. The van der Waals surface area contributed by atoms with Gasteiger partial charge < -0.3 is 15.8 Å². The lowest BCUT2D eigenvalue weighted by Crippen LogP contribution is -2.23. The Morgan fingerprint density at radius 2 is 1.57 bits per heavy atom. The molecule has 2 aromatic rings. The van der Waals surface area contributed by atoms with Crippen molar-refractivity contribution in [1.82, 2.24) is 0 Å². The highest BCUT2D eigenvalue weighted by molar-refractivity contribution is 5.92. The van der Waals surface area contributed by atoms with Gasteiger partial charge in [-0.15, -0.1) is 0 Å². The van der Waals surface area contributed by atoms with Crippen LogP contribution in [0.3, 0.4) is 0 Å². The van der Waals surface area contributed by atoms with Gasteiger partial charge in [-0.3, -0.25) is 0 Å². The minimum Gasteiger partial charge on any atom is -0.492 e. The summed E-state index contributed by atoms with van der Waals surface area (Å²) in [6.07, 6.45) is 0. The fourth-order valence-electron chi connectivity index (χ4n) is 1.79. The molecule has 0 fully saturated rings. The summed E-state index contributed by atoms with van der Waals surface area (Å²) in [5.41, 5.74) is 9.18. The molecule has 110 valence electrons. The number of aliphatic imine (C=N–C) groups is 1. The van der Waals surface area contributed by atoms with Crippen LogP contribution >= 0.6 is 0 Å². The van der Waals surface area contributed by atoms with E-state index in [0.717, 1.165) is 11.4 Å². The SMILES string of the molecule is Cc1ccc(NC(N)=NCCOc2ccc(C)cc2)cc1. The Morgan fingerprint density at radius 1 is 1.00 bits per heavy atom. The van der Waals surface area contributed by atoms with E-state index in [9.17, 15) is 0 Å². The zero-order chi connectivity index (χ0) is 15.1. The maximum atomic E-state index is 5.83. The molecule has 0 spiro atoms. The van der Waals surface area contributed by atoms with E-state index >= 15 is 0 Å². The summed E-state index contributed by atoms with van der Waals surface area (Å²) < 4.78 is 5.59. The van der Waals surface area contributed by atoms with Crippen LogP contribution in [-0.2, 0) is 0 Å². The average Bonchev–Trinajstić information content (AvgIpc) is 2.48. The van der Waals surface area contributed by atoms with Gasteiger partial charge in [-0.25, -0.2) is 4.99 Å². The smallest absolute Gasteiger partial charge is 0.193 e. The predicted molar refractivity (Wildman–Crippen MR) is 88.0 cm³/mol. The summed E-state index contributed by atoms with van der Waals surface area (Å²) in [7, 11) is 0. The van der Waals surface area contributed by atoms with Crippen molar-refractivity contribution >= 4 is 11.6 Å². The van der Waals surface area contributed by atoms with Crippen molar-refractivity contribution in [3.05, 3.63) is 59.7 Å². The maximum absolute atomic E-state index is 5.83. The van der Waals surface area contributed by atoms with E-state index in [1.807, 2.05) is 62.4 Å². The summed E-state index contributed by atoms with van der Waals surface area (Å²) in [6.45, 7) is 5.10. The van der Waals surface area contributed by atoms with Gasteiger partial charge in [0.05, 0.1) is 6.54 Å². The molecule has 0 atom stereocenters. The topological polar surface area (TPSA) is 59.6 Å². The molecule has 0 aliphatic heterocycles. The summed E-state index contributed by atoms with van der Waals surface area (Å²) in [5, 5.41) is 3.05. The number of rotatable bonds is 5. The van der Waals surface area contributed by atoms with Crippen molar-refractivity contribution in [3.63, 3.8) is 0 Å². The number of benzene rings is 2. The molecule has 4 heteroatoms. The number of guanidine groups is 1. The quantitative estimate of drug-likeness (QED) is 0.503. The molecule has 0 heterocycles. The lowest BCUT2D eigenvalue weighted by atomic mass is 10.2. The van der Waals surface area contributed by atoms with Crippen LogP contribution in [0.4, 0.5) is 5.69 Å². The maximum Gasteiger partial charge on any atom is 0.193 e. The lowest BCUT2D eigenvalue weighted by molar-refractivity contribution is 0.328. The van der Waals surface area contributed by atoms with E-state index in [2.05, 4.69) is 10.3 Å². The Balaban J connectivity index is 1.75. The van der Waals surface area contributed by atoms with Crippen LogP contribution in [0.15, 0.2) is 53.5 Å². The van der Waals surface area contributed by atoms with E-state index in [4.69, 9.17) is 10.5 Å². The summed E-state index contributed by atoms with van der Waals surface area (Å²) in [4.78, 5) is 4.23. The Hall–Kier alpha value is -2.49. The third-order valence-electron chi connectivity index (χ3n) is 2.99. The van der Waals surface area contributed by atoms with Gasteiger partial charge in [0.25, 0.3) is 0 Å². The Morgan fingerprint density at radius 3 is 2.19 bits per heavy atom. The number of hydrogen-bond donors (Lipinski definition) is 2. The Labute approximate surface area is 125 Å². The Bertz CT molecular complexity index is 588. The summed E-state index contributed by atoms with van der Waals surface area (Å²) in [6, 6.07) is 15.9. The van der Waals surface area contributed by atoms with Crippen molar-refractivity contribution in [3.8, 4) is 5.75 Å². The fraction of sp³-hybridized carbons (Fsp3) is 0.235. The van der Waals surface area contributed by atoms with Gasteiger partial charge in [-0.05, 0) is 38.1 Å². The summed E-state index contributed by atoms with van der Waals surface area (Å²) in [5.74, 6) is 1.24. The number of ether oxygens (including phenoxy) is 1. The van der Waals surface area contributed by atoms with Crippen LogP contribution in [-0.4, -0.2) is 19.1 Å². The van der Waals surface area contributed by atoms with Gasteiger partial charge in [0.1, 0.15) is 12.4 Å². The van der Waals surface area contributed by atoms with E-state index < -0.39 is 0 Å². The number of nitrogens with one attached hydrogen (secondary N) is 1. The van der Waals surface area contributed by atoms with Gasteiger partial charge in [-0.2, -0.15) is 0 Å². The molecule has 4 nitrogen and oxygen atoms in total. The van der Waals surface area contributed by atoms with Crippen LogP contribution < -0.4 is 15.8 Å². The third kappa shape index (κ3) is 5.18. The molecule has 0 aliphatic rings. The first kappa shape index (κ1) is 14.9. The molecule has 0 radical (unpaired) electrons. The molecule has 2 rings (SSSR count). The molecule has 2 aromatic carbocycles. The highest BCUT2D eigenvalue weighted by Gasteiger charge is 1.95. The summed E-state index contributed by atoms with van der Waals surface area (Å²) >= 11 is 0. The zero-order valence-electron chi connectivity index (χ0n) is 12.5. The third-order valence-corrected chi connectivity index (χ3v) is 2.99. The first-order valence-electron chi connectivity index (χ1n) is 6.96. The van der Waals surface area contributed by atoms with Gasteiger partial charge in [0.15, 0.2) is 5.96 Å². The Kier molecular flexibility index (Phi) is 5.21. The van der Waals surface area contributed by atoms with Gasteiger partial charge in [0, 0.05) is 5.69 Å². The predicted octanol–water partition coefficient (Wildman–Crippen LogP) is 3.11. The molecule has 0 saturated heterocycles. The van der Waals surface area contributed by atoms with Crippen molar-refractivity contribution in [2.75, 3.05) is 18.5 Å². The molecule has 0 bridgehead atoms. The largest absolute Gasteiger partial charge is 0.492 e. The molecule has 0 unspecified atom stereocenters. The standard InChI is InChI=1S/C17H21N3O/c1-13-3-7-15(8-4-13)20-17(18)19-11-12-21-16-9-5-14(2)6-10-16/h3-10H,11-12H2,1-2H3,(H3,18,19,20). The van der Waals surface area contributed by atoms with Crippen LogP contribution in [0, 0.1) is 13.8 Å². The number of hydrogen-bond acceptors (Lipinski definition) is 2. The number of aryl methyl sites for hydroxylation is 2. The molecular formula is C17H21N3O. The molecule has 0 aliphatic carbocycles. The molecule has 21 heavy (non-hydrogen) atoms. The van der Waals surface area contributed by atoms with Crippen molar-refractivity contribution in [2.24, 2.45) is 10.7 Å². The lowest BCUT2D eigenvalue weighted by Gasteiger charge is -2.07. The molecule has 0 amide bonds. The van der Waals surface area contributed by atoms with Crippen LogP contribution in [0.2, 0.25) is 0 Å². The molecule has 0 aromatic heterocycles. The highest BCUT2D eigenvalue weighted by Crippen LogP contribution is 2.11. The number of nitrogens with two attached hydrogens (primary N) is 1. The number of nitrogens with zero attached hydrogens (tertiary/aromatic N) is 1. The minimum absolute atomic E-state index is 0.395. The first-order valence-corrected chi connectivity index (χ1v) is 6.96. The average molecular weight is 283 g/mol. The minimum atomic E-state index is 0.395. The highest BCUT2D eigenvalue weighted by atomic mass is 16.5. The van der Waals surface area contributed by atoms with E-state index in [1.165, 1.54) is 11.1 Å². The second-order valence-electron chi connectivity index (χ2n) is 4.92. The number of anilines is 1. The van der Waals surface area contributed by atoms with E-state index in [-0.39, 0.29) is 0 Å². The van der Waals surface area contributed by atoms with E-state index in [0.29, 0.717) is 19.1 Å². The second-order valence-corrected chi connectivity index (χ2v) is 4.92. The van der Waals surface area contributed by atoms with Crippen LogP contribution in [0.5, 0.6) is 5.75 Å². The van der Waals surface area contributed by atoms with Crippen molar-refractivity contribution in [2.45, 2.75) is 13.8 Å². The molecule has 3 N–H and O–H groups in total. The second kappa shape index (κ2) is 7.33.